The lowest BCUT2D eigenvalue weighted by Gasteiger charge is -2.07. The number of ether oxygens (including phenoxy) is 1. The summed E-state index contributed by atoms with van der Waals surface area (Å²) in [5.74, 6) is -0.759. The highest BCUT2D eigenvalue weighted by Crippen LogP contribution is 2.36. The number of anilines is 1. The van der Waals surface area contributed by atoms with Gasteiger partial charge in [-0.05, 0) is 56.5 Å². The Labute approximate surface area is 175 Å². The Bertz CT molecular complexity index is 1070. The van der Waals surface area contributed by atoms with E-state index in [2.05, 4.69) is 10.3 Å². The molecule has 150 valence electrons. The molecule has 1 aliphatic rings. The highest BCUT2D eigenvalue weighted by atomic mass is 32.1. The third kappa shape index (κ3) is 4.38. The highest BCUT2D eigenvalue weighted by molar-refractivity contribution is 7.16. The average Bonchev–Trinajstić information content (AvgIpc) is 3.38. The van der Waals surface area contributed by atoms with Crippen LogP contribution in [-0.2, 0) is 16.1 Å². The number of amides is 1. The van der Waals surface area contributed by atoms with Gasteiger partial charge in [0.2, 0.25) is 5.91 Å². The summed E-state index contributed by atoms with van der Waals surface area (Å²) in [7, 11) is 0. The summed E-state index contributed by atoms with van der Waals surface area (Å²) in [5, 5.41) is 5.97. The van der Waals surface area contributed by atoms with Crippen LogP contribution in [0.4, 0.5) is 9.39 Å². The third-order valence-corrected chi connectivity index (χ3v) is 6.83. The molecule has 29 heavy (non-hydrogen) atoms. The van der Waals surface area contributed by atoms with Crippen molar-refractivity contribution >= 4 is 39.6 Å². The largest absolute Gasteiger partial charge is 0.455 e. The lowest BCUT2D eigenvalue weighted by molar-refractivity contribution is -0.117. The van der Waals surface area contributed by atoms with Gasteiger partial charge in [0.1, 0.15) is 22.4 Å². The number of hydrogen-bond donors (Lipinski definition) is 1. The molecule has 0 aliphatic heterocycles. The molecule has 8 heteroatoms. The molecule has 0 atom stereocenters. The summed E-state index contributed by atoms with van der Waals surface area (Å²) in [4.78, 5) is 30.3. The van der Waals surface area contributed by atoms with E-state index in [-0.39, 0.29) is 24.2 Å². The lowest BCUT2D eigenvalue weighted by atomic mass is 10.1. The fourth-order valence-corrected chi connectivity index (χ4v) is 4.69. The first kappa shape index (κ1) is 19.7. The van der Waals surface area contributed by atoms with Gasteiger partial charge in [0.25, 0.3) is 0 Å². The minimum absolute atomic E-state index is 0.0286. The first-order valence-corrected chi connectivity index (χ1v) is 10.9. The SMILES string of the molecule is Cc1sc(NC(=O)C2CC2)c(C(=O)OCc2csc(-c3ccc(F)cc3)n2)c1C. The summed E-state index contributed by atoms with van der Waals surface area (Å²) in [6.45, 7) is 3.80. The van der Waals surface area contributed by atoms with Gasteiger partial charge < -0.3 is 10.1 Å². The standard InChI is InChI=1S/C21H19FN2O3S2/c1-11-12(2)29-20(24-18(25)13-3-4-13)17(11)21(26)27-9-16-10-28-19(23-16)14-5-7-15(22)8-6-14/h5-8,10,13H,3-4,9H2,1-2H3,(H,24,25). The van der Waals surface area contributed by atoms with E-state index in [1.165, 1.54) is 34.8 Å². The highest BCUT2D eigenvalue weighted by Gasteiger charge is 2.31. The molecule has 1 saturated carbocycles. The van der Waals surface area contributed by atoms with E-state index in [1.54, 1.807) is 12.1 Å². The number of benzene rings is 1. The van der Waals surface area contributed by atoms with E-state index in [1.807, 2.05) is 19.2 Å². The van der Waals surface area contributed by atoms with Gasteiger partial charge in [-0.3, -0.25) is 4.79 Å². The number of aromatic nitrogens is 1. The molecule has 1 aliphatic carbocycles. The molecule has 0 spiro atoms. The molecule has 1 fully saturated rings. The molecular formula is C21H19FN2O3S2. The molecule has 4 rings (SSSR count). The molecular weight excluding hydrogens is 411 g/mol. The van der Waals surface area contributed by atoms with Crippen LogP contribution in [0, 0.1) is 25.6 Å². The molecule has 0 saturated heterocycles. The second-order valence-electron chi connectivity index (χ2n) is 6.98. The van der Waals surface area contributed by atoms with E-state index in [9.17, 15) is 14.0 Å². The molecule has 0 radical (unpaired) electrons. The molecule has 1 aromatic carbocycles. The van der Waals surface area contributed by atoms with Crippen molar-refractivity contribution in [3.63, 3.8) is 0 Å². The zero-order valence-corrected chi connectivity index (χ0v) is 17.6. The molecule has 0 unspecified atom stereocenters. The van der Waals surface area contributed by atoms with Gasteiger partial charge in [-0.1, -0.05) is 0 Å². The molecule has 3 aromatic rings. The van der Waals surface area contributed by atoms with Crippen molar-refractivity contribution in [1.29, 1.82) is 0 Å². The molecule has 5 nitrogen and oxygen atoms in total. The number of thiophene rings is 1. The number of esters is 1. The van der Waals surface area contributed by atoms with Crippen LogP contribution >= 0.6 is 22.7 Å². The van der Waals surface area contributed by atoms with Crippen LogP contribution in [0.3, 0.4) is 0 Å². The average molecular weight is 431 g/mol. The summed E-state index contributed by atoms with van der Waals surface area (Å²) in [6.07, 6.45) is 1.80. The lowest BCUT2D eigenvalue weighted by Crippen LogP contribution is -2.16. The van der Waals surface area contributed by atoms with Gasteiger partial charge in [0, 0.05) is 21.7 Å². The van der Waals surface area contributed by atoms with Crippen molar-refractivity contribution in [1.82, 2.24) is 4.98 Å². The van der Waals surface area contributed by atoms with Crippen LogP contribution in [0.1, 0.15) is 39.3 Å². The number of hydrogen-bond acceptors (Lipinski definition) is 6. The Hall–Kier alpha value is -2.58. The minimum atomic E-state index is -0.478. The number of nitrogens with zero attached hydrogens (tertiary/aromatic N) is 1. The number of carbonyl (C=O) groups excluding carboxylic acids is 2. The Morgan fingerprint density at radius 3 is 2.66 bits per heavy atom. The minimum Gasteiger partial charge on any atom is -0.455 e. The Morgan fingerprint density at radius 2 is 1.97 bits per heavy atom. The molecule has 1 amide bonds. The normalized spacial score (nSPS) is 13.3. The Kier molecular flexibility index (Phi) is 5.47. The maximum Gasteiger partial charge on any atom is 0.341 e. The molecule has 0 bridgehead atoms. The maximum atomic E-state index is 13.1. The monoisotopic (exact) mass is 430 g/mol. The number of nitrogens with one attached hydrogen (secondary N) is 1. The molecule has 2 heterocycles. The van der Waals surface area contributed by atoms with Crippen LogP contribution in [0.5, 0.6) is 0 Å². The molecule has 2 aromatic heterocycles. The van der Waals surface area contributed by atoms with E-state index < -0.39 is 5.97 Å². The van der Waals surface area contributed by atoms with Crippen LogP contribution < -0.4 is 5.32 Å². The van der Waals surface area contributed by atoms with E-state index in [0.717, 1.165) is 33.9 Å². The van der Waals surface area contributed by atoms with Crippen molar-refractivity contribution in [2.24, 2.45) is 5.92 Å². The maximum absolute atomic E-state index is 13.1. The van der Waals surface area contributed by atoms with Crippen LogP contribution in [0.15, 0.2) is 29.6 Å². The summed E-state index contributed by atoms with van der Waals surface area (Å²) in [5.41, 5.74) is 2.66. The number of carbonyl (C=O) groups is 2. The zero-order chi connectivity index (χ0) is 20.5. The fourth-order valence-electron chi connectivity index (χ4n) is 2.83. The van der Waals surface area contributed by atoms with Gasteiger partial charge in [0.05, 0.1) is 11.3 Å². The second-order valence-corrected chi connectivity index (χ2v) is 9.06. The Morgan fingerprint density at radius 1 is 1.24 bits per heavy atom. The summed E-state index contributed by atoms with van der Waals surface area (Å²) < 4.78 is 18.5. The summed E-state index contributed by atoms with van der Waals surface area (Å²) >= 11 is 2.80. The van der Waals surface area contributed by atoms with E-state index in [0.29, 0.717) is 16.3 Å². The van der Waals surface area contributed by atoms with Crippen LogP contribution in [0.2, 0.25) is 0 Å². The van der Waals surface area contributed by atoms with Crippen molar-refractivity contribution in [3.05, 3.63) is 57.2 Å². The number of thiazole rings is 1. The smallest absolute Gasteiger partial charge is 0.341 e. The first-order chi connectivity index (χ1) is 13.9. The van der Waals surface area contributed by atoms with E-state index in [4.69, 9.17) is 4.74 Å². The number of rotatable bonds is 6. The van der Waals surface area contributed by atoms with Gasteiger partial charge in [-0.25, -0.2) is 14.2 Å². The summed E-state index contributed by atoms with van der Waals surface area (Å²) in [6, 6.07) is 6.09. The predicted molar refractivity (Wildman–Crippen MR) is 112 cm³/mol. The quantitative estimate of drug-likeness (QED) is 0.537. The number of halogens is 1. The number of aryl methyl sites for hydroxylation is 1. The predicted octanol–water partition coefficient (Wildman–Crippen LogP) is 5.33. The van der Waals surface area contributed by atoms with Gasteiger partial charge in [-0.15, -0.1) is 22.7 Å². The van der Waals surface area contributed by atoms with E-state index >= 15 is 0 Å². The molecule has 1 N–H and O–H groups in total. The van der Waals surface area contributed by atoms with Crippen molar-refractivity contribution in [3.8, 4) is 10.6 Å². The van der Waals surface area contributed by atoms with Crippen molar-refractivity contribution in [2.75, 3.05) is 5.32 Å². The second kappa shape index (κ2) is 8.04. The Balaban J connectivity index is 1.45. The van der Waals surface area contributed by atoms with Crippen molar-refractivity contribution < 1.29 is 18.7 Å². The van der Waals surface area contributed by atoms with Gasteiger partial charge in [0.15, 0.2) is 0 Å². The van der Waals surface area contributed by atoms with Crippen molar-refractivity contribution in [2.45, 2.75) is 33.3 Å². The zero-order valence-electron chi connectivity index (χ0n) is 16.0. The van der Waals surface area contributed by atoms with Gasteiger partial charge >= 0.3 is 5.97 Å². The third-order valence-electron chi connectivity index (χ3n) is 4.77. The first-order valence-electron chi connectivity index (χ1n) is 9.20. The van der Waals surface area contributed by atoms with Crippen LogP contribution in [-0.4, -0.2) is 16.9 Å². The topological polar surface area (TPSA) is 68.3 Å². The van der Waals surface area contributed by atoms with Crippen LogP contribution in [0.25, 0.3) is 10.6 Å². The van der Waals surface area contributed by atoms with Gasteiger partial charge in [-0.2, -0.15) is 0 Å². The fraction of sp³-hybridized carbons (Fsp3) is 0.286.